The highest BCUT2D eigenvalue weighted by Crippen LogP contribution is 2.45. The second-order valence-electron chi connectivity index (χ2n) is 9.59. The van der Waals surface area contributed by atoms with E-state index in [1.807, 2.05) is 69.3 Å². The molecular formula is C30H26N2O5S. The van der Waals surface area contributed by atoms with E-state index >= 15 is 0 Å². The van der Waals surface area contributed by atoms with E-state index in [2.05, 4.69) is 0 Å². The van der Waals surface area contributed by atoms with Crippen LogP contribution in [0.3, 0.4) is 0 Å². The van der Waals surface area contributed by atoms with Gasteiger partial charge in [-0.05, 0) is 68.3 Å². The SMILES string of the molecule is CCOc1ccc2nc(N3C(=O)C(=O)/C(=C(/O)c4ccc5c(c4)C[C@@H](C)O5)[C@@H]3c3ccc(C)cc3)sc2c1. The van der Waals surface area contributed by atoms with Gasteiger partial charge in [-0.15, -0.1) is 0 Å². The number of ketones is 1. The number of aliphatic hydroxyl groups is 1. The Morgan fingerprint density at radius 3 is 2.68 bits per heavy atom. The third kappa shape index (κ3) is 4.01. The highest BCUT2D eigenvalue weighted by atomic mass is 32.1. The average Bonchev–Trinajstić information content (AvgIpc) is 3.56. The predicted molar refractivity (Wildman–Crippen MR) is 147 cm³/mol. The number of hydrogen-bond donors (Lipinski definition) is 1. The molecule has 38 heavy (non-hydrogen) atoms. The van der Waals surface area contributed by atoms with E-state index < -0.39 is 17.7 Å². The van der Waals surface area contributed by atoms with Crippen molar-refractivity contribution in [3.63, 3.8) is 0 Å². The summed E-state index contributed by atoms with van der Waals surface area (Å²) in [5, 5.41) is 11.9. The minimum absolute atomic E-state index is 0.0417. The topological polar surface area (TPSA) is 89.0 Å². The van der Waals surface area contributed by atoms with Gasteiger partial charge in [0, 0.05) is 12.0 Å². The van der Waals surface area contributed by atoms with Crippen molar-refractivity contribution in [2.75, 3.05) is 11.5 Å². The number of aromatic nitrogens is 1. The molecule has 2 aliphatic heterocycles. The van der Waals surface area contributed by atoms with Crippen LogP contribution >= 0.6 is 11.3 Å². The molecule has 0 aliphatic carbocycles. The molecule has 1 amide bonds. The summed E-state index contributed by atoms with van der Waals surface area (Å²) < 4.78 is 12.2. The van der Waals surface area contributed by atoms with Gasteiger partial charge in [0.2, 0.25) is 0 Å². The van der Waals surface area contributed by atoms with Crippen molar-refractivity contribution < 1.29 is 24.2 Å². The van der Waals surface area contributed by atoms with Crippen molar-refractivity contribution in [1.82, 2.24) is 4.98 Å². The number of carbonyl (C=O) groups excluding carboxylic acids is 2. The minimum atomic E-state index is -0.828. The number of benzene rings is 3. The maximum atomic E-state index is 13.5. The molecule has 0 spiro atoms. The number of hydrogen-bond acceptors (Lipinski definition) is 7. The Labute approximate surface area is 224 Å². The van der Waals surface area contributed by atoms with Gasteiger partial charge >= 0.3 is 5.91 Å². The largest absolute Gasteiger partial charge is 0.507 e. The number of rotatable bonds is 5. The third-order valence-electron chi connectivity index (χ3n) is 6.87. The minimum Gasteiger partial charge on any atom is -0.507 e. The maximum Gasteiger partial charge on any atom is 0.301 e. The summed E-state index contributed by atoms with van der Waals surface area (Å²) in [6.45, 7) is 6.40. The quantitative estimate of drug-likeness (QED) is 0.196. The van der Waals surface area contributed by atoms with E-state index in [-0.39, 0.29) is 17.4 Å². The fourth-order valence-corrected chi connectivity index (χ4v) is 6.09. The lowest BCUT2D eigenvalue weighted by atomic mass is 9.94. The summed E-state index contributed by atoms with van der Waals surface area (Å²) in [4.78, 5) is 33.1. The standard InChI is InChI=1S/C30H26N2O5S/c1-4-36-21-10-11-22-24(15-21)38-30(31-22)32-26(18-7-5-16(2)6-8-18)25(28(34)29(32)35)27(33)19-9-12-23-20(14-19)13-17(3)37-23/h5-12,14-15,17,26,33H,4,13H2,1-3H3/b27-25+/t17-,26+/m1/s1. The van der Waals surface area contributed by atoms with Crippen LogP contribution in [0.15, 0.2) is 66.2 Å². The molecule has 1 N–H and O–H groups in total. The Hall–Kier alpha value is -4.17. The number of amides is 1. The zero-order valence-electron chi connectivity index (χ0n) is 21.2. The highest BCUT2D eigenvalue weighted by molar-refractivity contribution is 7.22. The van der Waals surface area contributed by atoms with E-state index in [0.717, 1.165) is 21.6 Å². The molecular weight excluding hydrogens is 500 g/mol. The summed E-state index contributed by atoms with van der Waals surface area (Å²) in [5.74, 6) is -0.196. The van der Waals surface area contributed by atoms with Crippen LogP contribution in [-0.2, 0) is 16.0 Å². The van der Waals surface area contributed by atoms with Gasteiger partial charge in [-0.3, -0.25) is 14.5 Å². The van der Waals surface area contributed by atoms with E-state index in [1.54, 1.807) is 12.1 Å². The van der Waals surface area contributed by atoms with Crippen LogP contribution in [0.5, 0.6) is 11.5 Å². The van der Waals surface area contributed by atoms with Crippen molar-refractivity contribution in [2.45, 2.75) is 39.3 Å². The molecule has 1 saturated heterocycles. The number of anilines is 1. The molecule has 1 aromatic heterocycles. The zero-order valence-corrected chi connectivity index (χ0v) is 22.0. The summed E-state index contributed by atoms with van der Waals surface area (Å²) >= 11 is 1.31. The lowest BCUT2D eigenvalue weighted by molar-refractivity contribution is -0.132. The molecule has 0 unspecified atom stereocenters. The molecule has 6 rings (SSSR count). The Morgan fingerprint density at radius 2 is 1.92 bits per heavy atom. The van der Waals surface area contributed by atoms with Gasteiger partial charge < -0.3 is 14.6 Å². The third-order valence-corrected chi connectivity index (χ3v) is 7.89. The van der Waals surface area contributed by atoms with Crippen LogP contribution in [0.25, 0.3) is 16.0 Å². The van der Waals surface area contributed by atoms with Crippen molar-refractivity contribution >= 4 is 44.1 Å². The summed E-state index contributed by atoms with van der Waals surface area (Å²) in [7, 11) is 0. The first-order valence-electron chi connectivity index (χ1n) is 12.5. The molecule has 3 heterocycles. The summed E-state index contributed by atoms with van der Waals surface area (Å²) in [6, 6.07) is 17.7. The number of Topliss-reactive ketones (excluding diaryl/α,β-unsaturated/α-hetero) is 1. The molecule has 1 fully saturated rings. The molecule has 0 bridgehead atoms. The second-order valence-corrected chi connectivity index (χ2v) is 10.6. The van der Waals surface area contributed by atoms with Crippen molar-refractivity contribution in [3.05, 3.63) is 88.5 Å². The first kappa shape index (κ1) is 24.2. The van der Waals surface area contributed by atoms with Gasteiger partial charge in [0.15, 0.2) is 5.13 Å². The Balaban J connectivity index is 1.50. The smallest absolute Gasteiger partial charge is 0.301 e. The first-order chi connectivity index (χ1) is 18.3. The van der Waals surface area contributed by atoms with Crippen LogP contribution in [0.1, 0.15) is 42.1 Å². The first-order valence-corrected chi connectivity index (χ1v) is 13.4. The predicted octanol–water partition coefficient (Wildman–Crippen LogP) is 5.95. The lowest BCUT2D eigenvalue weighted by Gasteiger charge is -2.23. The number of aryl methyl sites for hydroxylation is 1. The maximum absolute atomic E-state index is 13.5. The van der Waals surface area contributed by atoms with E-state index in [0.29, 0.717) is 40.6 Å². The van der Waals surface area contributed by atoms with E-state index in [9.17, 15) is 14.7 Å². The number of fused-ring (bicyclic) bond motifs is 2. The van der Waals surface area contributed by atoms with Crippen LogP contribution in [0, 0.1) is 6.92 Å². The Kier molecular flexibility index (Phi) is 5.91. The Morgan fingerprint density at radius 1 is 1.13 bits per heavy atom. The number of nitrogens with zero attached hydrogens (tertiary/aromatic N) is 2. The van der Waals surface area contributed by atoms with Crippen LogP contribution in [0.2, 0.25) is 0 Å². The van der Waals surface area contributed by atoms with Crippen LogP contribution in [-0.4, -0.2) is 34.5 Å². The van der Waals surface area contributed by atoms with Gasteiger partial charge in [-0.1, -0.05) is 41.2 Å². The average molecular weight is 527 g/mol. The second kappa shape index (κ2) is 9.29. The molecule has 4 aromatic rings. The van der Waals surface area contributed by atoms with Gasteiger partial charge in [-0.2, -0.15) is 0 Å². The molecule has 2 atom stereocenters. The fourth-order valence-electron chi connectivity index (χ4n) is 5.07. The van der Waals surface area contributed by atoms with Crippen LogP contribution in [0.4, 0.5) is 5.13 Å². The highest BCUT2D eigenvalue weighted by Gasteiger charge is 2.48. The monoisotopic (exact) mass is 526 g/mol. The zero-order chi connectivity index (χ0) is 26.6. The molecule has 8 heteroatoms. The van der Waals surface area contributed by atoms with E-state index in [4.69, 9.17) is 14.5 Å². The fraction of sp³-hybridized carbons (Fsp3) is 0.233. The number of thiazole rings is 1. The normalized spacial score (nSPS) is 20.1. The van der Waals surface area contributed by atoms with Crippen LogP contribution < -0.4 is 14.4 Å². The Bertz CT molecular complexity index is 1620. The molecule has 192 valence electrons. The molecule has 3 aromatic carbocycles. The van der Waals surface area contributed by atoms with Gasteiger partial charge in [0.1, 0.15) is 23.4 Å². The number of carbonyl (C=O) groups is 2. The summed E-state index contributed by atoms with van der Waals surface area (Å²) in [6.07, 6.45) is 0.754. The van der Waals surface area contributed by atoms with E-state index in [1.165, 1.54) is 16.2 Å². The van der Waals surface area contributed by atoms with Crippen molar-refractivity contribution in [2.24, 2.45) is 0 Å². The van der Waals surface area contributed by atoms with Gasteiger partial charge in [-0.25, -0.2) is 4.98 Å². The summed E-state index contributed by atoms with van der Waals surface area (Å²) in [5.41, 5.74) is 3.93. The molecule has 2 aliphatic rings. The molecule has 7 nitrogen and oxygen atoms in total. The lowest BCUT2D eigenvalue weighted by Crippen LogP contribution is -2.29. The number of aliphatic hydroxyl groups excluding tert-OH is 1. The molecule has 0 radical (unpaired) electrons. The van der Waals surface area contributed by atoms with Gasteiger partial charge in [0.05, 0.1) is 28.4 Å². The molecule has 0 saturated carbocycles. The number of ether oxygens (including phenoxy) is 2. The van der Waals surface area contributed by atoms with Crippen molar-refractivity contribution in [3.8, 4) is 11.5 Å². The van der Waals surface area contributed by atoms with Crippen molar-refractivity contribution in [1.29, 1.82) is 0 Å². The van der Waals surface area contributed by atoms with Gasteiger partial charge in [0.25, 0.3) is 5.78 Å².